The van der Waals surface area contributed by atoms with Crippen molar-refractivity contribution in [3.8, 4) is 5.75 Å². The molecule has 1 fully saturated rings. The predicted octanol–water partition coefficient (Wildman–Crippen LogP) is 2.08. The monoisotopic (exact) mass is 451 g/mol. The lowest BCUT2D eigenvalue weighted by Crippen LogP contribution is -2.52. The Hall–Kier alpha value is -1.94. The molecule has 2 heterocycles. The van der Waals surface area contributed by atoms with Crippen molar-refractivity contribution in [2.75, 3.05) is 54.5 Å². The quantitative estimate of drug-likeness (QED) is 0.512. The first kappa shape index (κ1) is 23.7. The fraction of sp³-hybridized carbons (Fsp3) is 0.591. The third-order valence-electron chi connectivity index (χ3n) is 5.43. The molecule has 1 aromatic heterocycles. The van der Waals surface area contributed by atoms with E-state index in [4.69, 9.17) is 13.7 Å². The lowest BCUT2D eigenvalue weighted by Gasteiger charge is -2.37. The highest BCUT2D eigenvalue weighted by Gasteiger charge is 2.36. The summed E-state index contributed by atoms with van der Waals surface area (Å²) in [6, 6.07) is 5.72. The van der Waals surface area contributed by atoms with Crippen molar-refractivity contribution >= 4 is 28.1 Å². The molecule has 0 saturated carbocycles. The second kappa shape index (κ2) is 9.68. The summed E-state index contributed by atoms with van der Waals surface area (Å²) in [6.07, 6.45) is 2.59. The fourth-order valence-corrected chi connectivity index (χ4v) is 4.41. The Kier molecular flexibility index (Phi) is 7.41. The molecule has 1 saturated heterocycles. The molecule has 9 heteroatoms. The van der Waals surface area contributed by atoms with Crippen LogP contribution in [0.5, 0.6) is 5.75 Å². The number of methoxy groups -OCH3 is 1. The summed E-state index contributed by atoms with van der Waals surface area (Å²) in [5.41, 5.74) is 0.943. The number of fused-ring (bicyclic) bond motifs is 1. The minimum absolute atomic E-state index is 0.0162. The number of hydrogen-bond acceptors (Lipinski definition) is 7. The smallest absolute Gasteiger partial charge is 0.314 e. The van der Waals surface area contributed by atoms with Crippen LogP contribution in [0.2, 0.25) is 0 Å². The van der Waals surface area contributed by atoms with Gasteiger partial charge in [-0.3, -0.25) is 13.9 Å². The van der Waals surface area contributed by atoms with Crippen LogP contribution in [0.3, 0.4) is 0 Å². The van der Waals surface area contributed by atoms with Crippen LogP contribution in [0.1, 0.15) is 19.4 Å². The van der Waals surface area contributed by atoms with E-state index < -0.39 is 16.7 Å². The van der Waals surface area contributed by atoms with E-state index in [1.165, 1.54) is 0 Å². The van der Waals surface area contributed by atoms with Crippen molar-refractivity contribution in [1.29, 1.82) is 0 Å². The van der Waals surface area contributed by atoms with Crippen LogP contribution in [0, 0.1) is 5.41 Å². The number of carbonyl (C=O) groups excluding carboxylic acids is 1. The zero-order valence-corrected chi connectivity index (χ0v) is 20.0. The van der Waals surface area contributed by atoms with Crippen molar-refractivity contribution < 1.29 is 22.7 Å². The second-order valence-electron chi connectivity index (χ2n) is 9.03. The number of likely N-dealkylation sites (N-methyl/N-ethyl adjacent to an activating group) is 2. The molecule has 3 rings (SSSR count). The molecule has 2 aromatic rings. The van der Waals surface area contributed by atoms with Crippen LogP contribution in [-0.4, -0.2) is 84.5 Å². The van der Waals surface area contributed by atoms with Crippen molar-refractivity contribution in [3.05, 3.63) is 30.0 Å². The van der Waals surface area contributed by atoms with Crippen LogP contribution in [0.25, 0.3) is 10.9 Å². The molecule has 1 atom stereocenters. The van der Waals surface area contributed by atoms with E-state index >= 15 is 0 Å². The van der Waals surface area contributed by atoms with Gasteiger partial charge in [-0.05, 0) is 59.1 Å². The van der Waals surface area contributed by atoms with E-state index in [0.717, 1.165) is 42.5 Å². The van der Waals surface area contributed by atoms with Crippen molar-refractivity contribution in [2.45, 2.75) is 26.4 Å². The molecule has 8 nitrogen and oxygen atoms in total. The molecule has 0 N–H and O–H groups in total. The lowest BCUT2D eigenvalue weighted by molar-refractivity contribution is -0.168. The Morgan fingerprint density at radius 1 is 1.29 bits per heavy atom. The third-order valence-corrected chi connectivity index (χ3v) is 6.37. The van der Waals surface area contributed by atoms with Gasteiger partial charge in [0.1, 0.15) is 11.9 Å². The van der Waals surface area contributed by atoms with E-state index in [-0.39, 0.29) is 18.7 Å². The summed E-state index contributed by atoms with van der Waals surface area (Å²) in [5, 5.41) is 1.01. The van der Waals surface area contributed by atoms with Crippen molar-refractivity contribution in [2.24, 2.45) is 5.41 Å². The van der Waals surface area contributed by atoms with E-state index in [2.05, 4.69) is 9.80 Å². The number of benzene rings is 1. The van der Waals surface area contributed by atoms with Crippen LogP contribution < -0.4 is 4.74 Å². The molecule has 31 heavy (non-hydrogen) atoms. The van der Waals surface area contributed by atoms with E-state index in [1.807, 2.05) is 45.5 Å². The van der Waals surface area contributed by atoms with Crippen LogP contribution >= 0.6 is 0 Å². The highest BCUT2D eigenvalue weighted by molar-refractivity contribution is 7.78. The van der Waals surface area contributed by atoms with Gasteiger partial charge in [-0.2, -0.15) is 0 Å². The van der Waals surface area contributed by atoms with Crippen molar-refractivity contribution in [1.82, 2.24) is 13.8 Å². The summed E-state index contributed by atoms with van der Waals surface area (Å²) in [6.45, 7) is 5.82. The summed E-state index contributed by atoms with van der Waals surface area (Å²) >= 11 is -1.80. The Morgan fingerprint density at radius 3 is 2.61 bits per heavy atom. The first-order valence-corrected chi connectivity index (χ1v) is 11.4. The standard InChI is InChI=1S/C22H33N3O5S/c1-22(2,21(26)30-18-13-24(5)14-18)15-29-31(27)25-12-16(9-10-23(3)4)19-8-7-17(28-6)11-20(19)25/h7-8,11-12,18H,9-10,13-15H2,1-6H3. The van der Waals surface area contributed by atoms with Gasteiger partial charge in [0, 0.05) is 37.3 Å². The molecule has 0 aliphatic carbocycles. The third kappa shape index (κ3) is 5.65. The molecule has 1 aromatic carbocycles. The highest BCUT2D eigenvalue weighted by atomic mass is 32.2. The highest BCUT2D eigenvalue weighted by Crippen LogP contribution is 2.28. The van der Waals surface area contributed by atoms with Gasteiger partial charge in [0.25, 0.3) is 11.3 Å². The summed E-state index contributed by atoms with van der Waals surface area (Å²) in [7, 11) is 7.62. The summed E-state index contributed by atoms with van der Waals surface area (Å²) in [4.78, 5) is 16.7. The fourth-order valence-electron chi connectivity index (χ4n) is 3.38. The van der Waals surface area contributed by atoms with Crippen LogP contribution in [0.4, 0.5) is 0 Å². The average Bonchev–Trinajstić information content (AvgIpc) is 3.07. The maximum absolute atomic E-state index is 13.1. The minimum atomic E-state index is -1.80. The molecular weight excluding hydrogens is 418 g/mol. The molecular formula is C22H33N3O5S. The van der Waals surface area contributed by atoms with E-state index in [9.17, 15) is 9.00 Å². The van der Waals surface area contributed by atoms with Gasteiger partial charge in [-0.1, -0.05) is 0 Å². The van der Waals surface area contributed by atoms with E-state index in [1.54, 1.807) is 24.9 Å². The van der Waals surface area contributed by atoms with Gasteiger partial charge in [-0.25, -0.2) is 8.18 Å². The molecule has 0 bridgehead atoms. The van der Waals surface area contributed by atoms with Gasteiger partial charge in [0.15, 0.2) is 0 Å². The molecule has 172 valence electrons. The average molecular weight is 452 g/mol. The first-order valence-electron chi connectivity index (χ1n) is 10.4. The molecule has 1 aliphatic heterocycles. The number of esters is 1. The lowest BCUT2D eigenvalue weighted by atomic mass is 9.95. The van der Waals surface area contributed by atoms with Gasteiger partial charge in [0.2, 0.25) is 0 Å². The van der Waals surface area contributed by atoms with Gasteiger partial charge < -0.3 is 14.4 Å². The Morgan fingerprint density at radius 2 is 2.00 bits per heavy atom. The second-order valence-corrected chi connectivity index (χ2v) is 10.1. The van der Waals surface area contributed by atoms with Gasteiger partial charge in [0.05, 0.1) is 24.6 Å². The number of carbonyl (C=O) groups is 1. The number of ether oxygens (including phenoxy) is 2. The van der Waals surface area contributed by atoms with E-state index in [0.29, 0.717) is 5.75 Å². The van der Waals surface area contributed by atoms with Crippen LogP contribution in [-0.2, 0) is 31.4 Å². The van der Waals surface area contributed by atoms with Gasteiger partial charge >= 0.3 is 5.97 Å². The Balaban J connectivity index is 1.73. The summed E-state index contributed by atoms with van der Waals surface area (Å²) in [5.74, 6) is 0.339. The molecule has 1 unspecified atom stereocenters. The maximum atomic E-state index is 13.1. The zero-order valence-electron chi connectivity index (χ0n) is 19.2. The number of rotatable bonds is 10. The van der Waals surface area contributed by atoms with Crippen LogP contribution in [0.15, 0.2) is 24.4 Å². The number of aromatic nitrogens is 1. The Labute approximate surface area is 186 Å². The number of likely N-dealkylation sites (tertiary alicyclic amines) is 1. The van der Waals surface area contributed by atoms with Crippen molar-refractivity contribution in [3.63, 3.8) is 0 Å². The SMILES string of the molecule is COc1ccc2c(CCN(C)C)cn(S(=O)OCC(C)(C)C(=O)OC3CN(C)C3)c2c1. The molecule has 0 radical (unpaired) electrons. The Bertz CT molecular complexity index is 950. The first-order chi connectivity index (χ1) is 14.6. The summed E-state index contributed by atoms with van der Waals surface area (Å²) < 4.78 is 31.2. The normalized spacial score (nSPS) is 16.5. The largest absolute Gasteiger partial charge is 0.497 e. The molecule has 0 amide bonds. The number of nitrogens with zero attached hydrogens (tertiary/aromatic N) is 3. The number of hydrogen-bond donors (Lipinski definition) is 0. The zero-order chi connectivity index (χ0) is 22.8. The maximum Gasteiger partial charge on any atom is 0.314 e. The minimum Gasteiger partial charge on any atom is -0.497 e. The molecule has 1 aliphatic rings. The predicted molar refractivity (Wildman–Crippen MR) is 121 cm³/mol. The topological polar surface area (TPSA) is 73.2 Å². The van der Waals surface area contributed by atoms with Gasteiger partial charge in [-0.15, -0.1) is 0 Å². The molecule has 0 spiro atoms.